The van der Waals surface area contributed by atoms with Crippen molar-refractivity contribution in [3.63, 3.8) is 0 Å². The number of anilines is 1. The van der Waals surface area contributed by atoms with Gasteiger partial charge in [-0.15, -0.1) is 0 Å². The molecule has 0 radical (unpaired) electrons. The predicted molar refractivity (Wildman–Crippen MR) is 76.9 cm³/mol. The largest absolute Gasteiger partial charge is 0.492 e. The molecule has 110 valence electrons. The zero-order valence-electron chi connectivity index (χ0n) is 11.1. The van der Waals surface area contributed by atoms with Crippen molar-refractivity contribution in [1.29, 1.82) is 0 Å². The minimum Gasteiger partial charge on any atom is -0.492 e. The Morgan fingerprint density at radius 1 is 1.19 bits per heavy atom. The number of nitrogens with one attached hydrogen (secondary N) is 1. The van der Waals surface area contributed by atoms with Crippen molar-refractivity contribution in [2.24, 2.45) is 0 Å². The summed E-state index contributed by atoms with van der Waals surface area (Å²) in [5, 5.41) is 2.76. The van der Waals surface area contributed by atoms with Gasteiger partial charge in [0.05, 0.1) is 11.6 Å². The lowest BCUT2D eigenvalue weighted by Crippen LogP contribution is -2.12. The van der Waals surface area contributed by atoms with Crippen LogP contribution in [0.25, 0.3) is 0 Å². The minimum atomic E-state index is -1.03. The number of benzene rings is 2. The normalized spacial score (nSPS) is 10.3. The summed E-state index contributed by atoms with van der Waals surface area (Å²) in [6, 6.07) is 7.67. The van der Waals surface area contributed by atoms with E-state index in [1.165, 1.54) is 18.2 Å². The lowest BCUT2D eigenvalue weighted by Gasteiger charge is -2.09. The van der Waals surface area contributed by atoms with E-state index in [2.05, 4.69) is 5.32 Å². The highest BCUT2D eigenvalue weighted by Crippen LogP contribution is 2.26. The van der Waals surface area contributed by atoms with Crippen molar-refractivity contribution in [3.05, 3.63) is 58.6 Å². The molecule has 0 bridgehead atoms. The third-order valence-electron chi connectivity index (χ3n) is 2.67. The summed E-state index contributed by atoms with van der Waals surface area (Å²) in [4.78, 5) is 12.0. The van der Waals surface area contributed by atoms with E-state index >= 15 is 0 Å². The second kappa shape index (κ2) is 6.54. The van der Waals surface area contributed by atoms with E-state index in [0.29, 0.717) is 17.4 Å². The van der Waals surface area contributed by atoms with E-state index in [0.717, 1.165) is 12.1 Å². The molecule has 2 aromatic rings. The highest BCUT2D eigenvalue weighted by Gasteiger charge is 2.11. The SMILES string of the molecule is CCOc1ccc(C(=O)Nc2ccc(F)c(F)c2)cc1Cl. The molecule has 21 heavy (non-hydrogen) atoms. The Kier molecular flexibility index (Phi) is 4.75. The maximum absolute atomic E-state index is 13.1. The molecule has 0 aliphatic carbocycles. The second-order valence-corrected chi connectivity index (χ2v) is 4.57. The Labute approximate surface area is 125 Å². The fraction of sp³-hybridized carbons (Fsp3) is 0.133. The quantitative estimate of drug-likeness (QED) is 0.915. The van der Waals surface area contributed by atoms with Gasteiger partial charge in [0.25, 0.3) is 5.91 Å². The van der Waals surface area contributed by atoms with Crippen LogP contribution in [0.5, 0.6) is 5.75 Å². The fourth-order valence-corrected chi connectivity index (χ4v) is 1.93. The average Bonchev–Trinajstić information content (AvgIpc) is 2.45. The van der Waals surface area contributed by atoms with Gasteiger partial charge >= 0.3 is 0 Å². The molecule has 0 saturated carbocycles. The van der Waals surface area contributed by atoms with E-state index in [1.54, 1.807) is 6.07 Å². The first-order valence-corrected chi connectivity index (χ1v) is 6.58. The van der Waals surface area contributed by atoms with Gasteiger partial charge in [-0.25, -0.2) is 8.78 Å². The van der Waals surface area contributed by atoms with E-state index in [1.807, 2.05) is 6.92 Å². The topological polar surface area (TPSA) is 38.3 Å². The van der Waals surface area contributed by atoms with Crippen LogP contribution >= 0.6 is 11.6 Å². The smallest absolute Gasteiger partial charge is 0.255 e. The molecule has 1 amide bonds. The maximum Gasteiger partial charge on any atom is 0.255 e. The fourth-order valence-electron chi connectivity index (χ4n) is 1.69. The minimum absolute atomic E-state index is 0.156. The van der Waals surface area contributed by atoms with Crippen LogP contribution < -0.4 is 10.1 Å². The van der Waals surface area contributed by atoms with Gasteiger partial charge < -0.3 is 10.1 Å². The van der Waals surface area contributed by atoms with Gasteiger partial charge in [0, 0.05) is 17.3 Å². The summed E-state index contributed by atoms with van der Waals surface area (Å²) >= 11 is 5.99. The molecule has 6 heteroatoms. The Hall–Kier alpha value is -2.14. The van der Waals surface area contributed by atoms with Crippen LogP contribution in [-0.4, -0.2) is 12.5 Å². The molecule has 0 saturated heterocycles. The first-order valence-electron chi connectivity index (χ1n) is 6.20. The Morgan fingerprint density at radius 3 is 2.57 bits per heavy atom. The number of rotatable bonds is 4. The summed E-state index contributed by atoms with van der Waals surface area (Å²) < 4.78 is 31.1. The van der Waals surface area contributed by atoms with Crippen LogP contribution in [-0.2, 0) is 0 Å². The standard InChI is InChI=1S/C15H12ClF2NO2/c1-2-21-14-6-3-9(7-11(14)16)15(20)19-10-4-5-12(17)13(18)8-10/h3-8H,2H2,1H3,(H,19,20). The van der Waals surface area contributed by atoms with Crippen LogP contribution in [0.1, 0.15) is 17.3 Å². The first-order chi connectivity index (χ1) is 10.0. The molecule has 0 heterocycles. The Morgan fingerprint density at radius 2 is 1.95 bits per heavy atom. The third kappa shape index (κ3) is 3.70. The van der Waals surface area contributed by atoms with Crippen LogP contribution in [0.3, 0.4) is 0 Å². The zero-order chi connectivity index (χ0) is 15.4. The summed E-state index contributed by atoms with van der Waals surface area (Å²) in [6.45, 7) is 2.28. The van der Waals surface area contributed by atoms with Gasteiger partial charge in [0.15, 0.2) is 11.6 Å². The molecule has 0 unspecified atom stereocenters. The third-order valence-corrected chi connectivity index (χ3v) is 2.97. The molecule has 0 aliphatic rings. The van der Waals surface area contributed by atoms with Crippen molar-refractivity contribution in [2.45, 2.75) is 6.92 Å². The monoisotopic (exact) mass is 311 g/mol. The van der Waals surface area contributed by atoms with E-state index in [9.17, 15) is 13.6 Å². The number of halogens is 3. The van der Waals surface area contributed by atoms with Gasteiger partial charge in [-0.2, -0.15) is 0 Å². The van der Waals surface area contributed by atoms with Crippen molar-refractivity contribution in [3.8, 4) is 5.75 Å². The molecule has 0 atom stereocenters. The first kappa shape index (κ1) is 15.3. The van der Waals surface area contributed by atoms with Gasteiger partial charge in [-0.1, -0.05) is 11.6 Å². The summed E-state index contributed by atoms with van der Waals surface area (Å²) in [7, 11) is 0. The molecule has 0 aliphatic heterocycles. The Balaban J connectivity index is 2.16. The van der Waals surface area contributed by atoms with Crippen LogP contribution in [0.15, 0.2) is 36.4 Å². The molecule has 0 aromatic heterocycles. The van der Waals surface area contributed by atoms with Crippen molar-refractivity contribution in [2.75, 3.05) is 11.9 Å². The summed E-state index contributed by atoms with van der Waals surface area (Å²) in [5.74, 6) is -2.01. The second-order valence-electron chi connectivity index (χ2n) is 4.16. The summed E-state index contributed by atoms with van der Waals surface area (Å²) in [5.41, 5.74) is 0.442. The lowest BCUT2D eigenvalue weighted by atomic mass is 10.2. The average molecular weight is 312 g/mol. The lowest BCUT2D eigenvalue weighted by molar-refractivity contribution is 0.102. The maximum atomic E-state index is 13.1. The molecule has 2 rings (SSSR count). The zero-order valence-corrected chi connectivity index (χ0v) is 11.9. The van der Waals surface area contributed by atoms with Crippen LogP contribution in [0.4, 0.5) is 14.5 Å². The van der Waals surface area contributed by atoms with Crippen molar-refractivity contribution in [1.82, 2.24) is 0 Å². The molecule has 0 fully saturated rings. The highest BCUT2D eigenvalue weighted by molar-refractivity contribution is 6.32. The molecular weight excluding hydrogens is 300 g/mol. The van der Waals surface area contributed by atoms with Gasteiger partial charge in [0.1, 0.15) is 5.75 Å². The van der Waals surface area contributed by atoms with Gasteiger partial charge in [-0.05, 0) is 37.3 Å². The molecule has 3 nitrogen and oxygen atoms in total. The molecule has 1 N–H and O–H groups in total. The number of hydrogen-bond acceptors (Lipinski definition) is 2. The molecule has 2 aromatic carbocycles. The number of carbonyl (C=O) groups excluding carboxylic acids is 1. The van der Waals surface area contributed by atoms with E-state index < -0.39 is 17.5 Å². The number of carbonyl (C=O) groups is 1. The van der Waals surface area contributed by atoms with E-state index in [-0.39, 0.29) is 11.3 Å². The number of hydrogen-bond donors (Lipinski definition) is 1. The van der Waals surface area contributed by atoms with Crippen LogP contribution in [0.2, 0.25) is 5.02 Å². The molecular formula is C15H12ClF2NO2. The van der Waals surface area contributed by atoms with Gasteiger partial charge in [-0.3, -0.25) is 4.79 Å². The molecule has 0 spiro atoms. The number of amides is 1. The predicted octanol–water partition coefficient (Wildman–Crippen LogP) is 4.27. The van der Waals surface area contributed by atoms with E-state index in [4.69, 9.17) is 16.3 Å². The van der Waals surface area contributed by atoms with Crippen molar-refractivity contribution < 1.29 is 18.3 Å². The van der Waals surface area contributed by atoms with Gasteiger partial charge in [0.2, 0.25) is 0 Å². The summed E-state index contributed by atoms with van der Waals surface area (Å²) in [6.07, 6.45) is 0. The number of ether oxygens (including phenoxy) is 1. The Bertz CT molecular complexity index is 677. The highest BCUT2D eigenvalue weighted by atomic mass is 35.5. The van der Waals surface area contributed by atoms with Crippen LogP contribution in [0, 0.1) is 11.6 Å². The van der Waals surface area contributed by atoms with Crippen molar-refractivity contribution >= 4 is 23.2 Å².